The summed E-state index contributed by atoms with van der Waals surface area (Å²) >= 11 is 0. The van der Waals surface area contributed by atoms with Crippen molar-refractivity contribution in [3.05, 3.63) is 35.4 Å². The van der Waals surface area contributed by atoms with E-state index in [1.165, 1.54) is 0 Å². The Morgan fingerprint density at radius 3 is 2.95 bits per heavy atom. The van der Waals surface area contributed by atoms with Gasteiger partial charge in [-0.1, -0.05) is 0 Å². The maximum Gasteiger partial charge on any atom is 0.257 e. The summed E-state index contributed by atoms with van der Waals surface area (Å²) in [4.78, 5) is 14.2. The van der Waals surface area contributed by atoms with Gasteiger partial charge in [0, 0.05) is 25.2 Å². The Bertz CT molecular complexity index is 520. The second-order valence-corrected chi connectivity index (χ2v) is 5.41. The van der Waals surface area contributed by atoms with Crippen LogP contribution in [0.3, 0.4) is 0 Å². The van der Waals surface area contributed by atoms with Gasteiger partial charge < -0.3 is 10.2 Å². The van der Waals surface area contributed by atoms with Gasteiger partial charge in [-0.25, -0.2) is 8.78 Å². The summed E-state index contributed by atoms with van der Waals surface area (Å²) in [6.45, 7) is 3.59. The van der Waals surface area contributed by atoms with Crippen LogP contribution in [0, 0.1) is 17.6 Å². The predicted octanol–water partition coefficient (Wildman–Crippen LogP) is 1.79. The van der Waals surface area contributed by atoms with Crippen molar-refractivity contribution in [3.8, 4) is 0 Å². The van der Waals surface area contributed by atoms with Gasteiger partial charge in [0.2, 0.25) is 0 Å². The molecule has 0 radical (unpaired) electrons. The van der Waals surface area contributed by atoms with Gasteiger partial charge in [0.1, 0.15) is 11.6 Å². The number of carbonyl (C=O) groups is 1. The molecule has 2 fully saturated rings. The number of fused-ring (bicyclic) bond motifs is 1. The van der Waals surface area contributed by atoms with Crippen molar-refractivity contribution in [2.45, 2.75) is 25.4 Å². The topological polar surface area (TPSA) is 32.3 Å². The second kappa shape index (κ2) is 4.56. The third kappa shape index (κ3) is 2.02. The molecule has 1 N–H and O–H groups in total. The molecule has 5 heteroatoms. The molecule has 0 aliphatic carbocycles. The number of nitrogens with zero attached hydrogens (tertiary/aromatic N) is 1. The van der Waals surface area contributed by atoms with Gasteiger partial charge >= 0.3 is 0 Å². The van der Waals surface area contributed by atoms with Gasteiger partial charge in [0.15, 0.2) is 0 Å². The number of halogens is 2. The van der Waals surface area contributed by atoms with E-state index in [2.05, 4.69) is 5.32 Å². The van der Waals surface area contributed by atoms with Crippen molar-refractivity contribution in [2.24, 2.45) is 5.92 Å². The van der Waals surface area contributed by atoms with E-state index in [9.17, 15) is 13.6 Å². The van der Waals surface area contributed by atoms with Crippen LogP contribution in [0.15, 0.2) is 18.2 Å². The van der Waals surface area contributed by atoms with Gasteiger partial charge in [-0.15, -0.1) is 0 Å². The van der Waals surface area contributed by atoms with Crippen molar-refractivity contribution in [1.29, 1.82) is 0 Å². The van der Waals surface area contributed by atoms with Crippen LogP contribution in [0.2, 0.25) is 0 Å². The van der Waals surface area contributed by atoms with E-state index < -0.39 is 17.5 Å². The monoisotopic (exact) mass is 266 g/mol. The first kappa shape index (κ1) is 12.5. The van der Waals surface area contributed by atoms with E-state index in [0.717, 1.165) is 37.7 Å². The standard InChI is InChI=1S/C14H16F2N2O/c1-8-4-9-6-17-7-13(9)18(8)14(19)11-5-10(15)2-3-12(11)16/h2-3,5,8-9,13,17H,4,6-7H2,1H3. The zero-order valence-corrected chi connectivity index (χ0v) is 10.7. The van der Waals surface area contributed by atoms with Gasteiger partial charge in [0.05, 0.1) is 5.56 Å². The highest BCUT2D eigenvalue weighted by Gasteiger charge is 2.44. The molecule has 1 aromatic carbocycles. The first-order valence-corrected chi connectivity index (χ1v) is 6.56. The lowest BCUT2D eigenvalue weighted by molar-refractivity contribution is 0.0676. The lowest BCUT2D eigenvalue weighted by atomic mass is 10.0. The largest absolute Gasteiger partial charge is 0.331 e. The molecule has 19 heavy (non-hydrogen) atoms. The summed E-state index contributed by atoms with van der Waals surface area (Å²) in [6, 6.07) is 3.20. The number of carbonyl (C=O) groups excluding carboxylic acids is 1. The van der Waals surface area contributed by atoms with Crippen LogP contribution in [0.1, 0.15) is 23.7 Å². The quantitative estimate of drug-likeness (QED) is 0.840. The first-order valence-electron chi connectivity index (χ1n) is 6.56. The smallest absolute Gasteiger partial charge is 0.257 e. The lowest BCUT2D eigenvalue weighted by Gasteiger charge is -2.27. The molecule has 3 rings (SSSR count). The fraction of sp³-hybridized carbons (Fsp3) is 0.500. The zero-order valence-electron chi connectivity index (χ0n) is 10.7. The van der Waals surface area contributed by atoms with E-state index in [-0.39, 0.29) is 17.6 Å². The Labute approximate surface area is 110 Å². The summed E-state index contributed by atoms with van der Waals surface area (Å²) < 4.78 is 26.9. The molecule has 1 amide bonds. The summed E-state index contributed by atoms with van der Waals surface area (Å²) in [6.07, 6.45) is 0.917. The van der Waals surface area contributed by atoms with E-state index in [0.29, 0.717) is 5.92 Å². The van der Waals surface area contributed by atoms with E-state index in [1.54, 1.807) is 4.90 Å². The molecule has 102 valence electrons. The Hall–Kier alpha value is -1.49. The molecule has 2 aliphatic heterocycles. The molecular formula is C14H16F2N2O. The van der Waals surface area contributed by atoms with E-state index in [4.69, 9.17) is 0 Å². The predicted molar refractivity (Wildman–Crippen MR) is 66.8 cm³/mol. The average Bonchev–Trinajstić information content (AvgIpc) is 2.91. The summed E-state index contributed by atoms with van der Waals surface area (Å²) in [5.41, 5.74) is -0.167. The SMILES string of the molecule is CC1CC2CNCC2N1C(=O)c1cc(F)ccc1F. The number of rotatable bonds is 1. The molecule has 2 aliphatic rings. The van der Waals surface area contributed by atoms with Crippen molar-refractivity contribution >= 4 is 5.91 Å². The van der Waals surface area contributed by atoms with E-state index in [1.807, 2.05) is 6.92 Å². The highest BCUT2D eigenvalue weighted by Crippen LogP contribution is 2.33. The number of hydrogen-bond acceptors (Lipinski definition) is 2. The van der Waals surface area contributed by atoms with Crippen LogP contribution in [-0.4, -0.2) is 36.0 Å². The lowest BCUT2D eigenvalue weighted by Crippen LogP contribution is -2.43. The summed E-state index contributed by atoms with van der Waals surface area (Å²) in [5.74, 6) is -1.22. The second-order valence-electron chi connectivity index (χ2n) is 5.41. The Kier molecular flexibility index (Phi) is 3.01. The molecular weight excluding hydrogens is 250 g/mol. The molecule has 0 spiro atoms. The highest BCUT2D eigenvalue weighted by molar-refractivity contribution is 5.95. The van der Waals surface area contributed by atoms with Gasteiger partial charge in [-0.05, 0) is 37.5 Å². The number of hydrogen-bond donors (Lipinski definition) is 1. The molecule has 2 saturated heterocycles. The highest BCUT2D eigenvalue weighted by atomic mass is 19.1. The maximum absolute atomic E-state index is 13.7. The van der Waals surface area contributed by atoms with Crippen LogP contribution in [0.25, 0.3) is 0 Å². The van der Waals surface area contributed by atoms with Crippen molar-refractivity contribution in [1.82, 2.24) is 10.2 Å². The molecule has 1 aromatic rings. The summed E-state index contributed by atoms with van der Waals surface area (Å²) in [5, 5.41) is 3.25. The average molecular weight is 266 g/mol. The zero-order chi connectivity index (χ0) is 13.6. The molecule has 0 saturated carbocycles. The van der Waals surface area contributed by atoms with Crippen LogP contribution < -0.4 is 5.32 Å². The maximum atomic E-state index is 13.7. The fourth-order valence-corrected chi connectivity index (χ4v) is 3.32. The third-order valence-electron chi connectivity index (χ3n) is 4.17. The number of nitrogens with one attached hydrogen (secondary N) is 1. The summed E-state index contributed by atoms with van der Waals surface area (Å²) in [7, 11) is 0. The van der Waals surface area contributed by atoms with Crippen LogP contribution in [0.4, 0.5) is 8.78 Å². The van der Waals surface area contributed by atoms with Crippen LogP contribution >= 0.6 is 0 Å². The van der Waals surface area contributed by atoms with E-state index >= 15 is 0 Å². The van der Waals surface area contributed by atoms with Gasteiger partial charge in [0.25, 0.3) is 5.91 Å². The fourth-order valence-electron chi connectivity index (χ4n) is 3.32. The molecule has 0 bridgehead atoms. The number of likely N-dealkylation sites (tertiary alicyclic amines) is 1. The van der Waals surface area contributed by atoms with Crippen molar-refractivity contribution in [3.63, 3.8) is 0 Å². The Morgan fingerprint density at radius 1 is 1.37 bits per heavy atom. The van der Waals surface area contributed by atoms with Gasteiger partial charge in [-0.3, -0.25) is 4.79 Å². The molecule has 3 atom stereocenters. The number of amides is 1. The number of benzene rings is 1. The van der Waals surface area contributed by atoms with Gasteiger partial charge in [-0.2, -0.15) is 0 Å². The Balaban J connectivity index is 1.93. The molecule has 3 unspecified atom stereocenters. The minimum Gasteiger partial charge on any atom is -0.331 e. The van der Waals surface area contributed by atoms with Crippen LogP contribution in [-0.2, 0) is 0 Å². The van der Waals surface area contributed by atoms with Crippen molar-refractivity contribution in [2.75, 3.05) is 13.1 Å². The molecule has 3 nitrogen and oxygen atoms in total. The molecule has 0 aromatic heterocycles. The minimum absolute atomic E-state index is 0.0762. The normalized spacial score (nSPS) is 29.6. The molecule has 2 heterocycles. The van der Waals surface area contributed by atoms with Crippen molar-refractivity contribution < 1.29 is 13.6 Å². The minimum atomic E-state index is -0.659. The first-order chi connectivity index (χ1) is 9.08. The van der Waals surface area contributed by atoms with Crippen LogP contribution in [0.5, 0.6) is 0 Å². The third-order valence-corrected chi connectivity index (χ3v) is 4.17. The Morgan fingerprint density at radius 2 is 2.16 bits per heavy atom.